The van der Waals surface area contributed by atoms with Gasteiger partial charge in [0, 0.05) is 12.6 Å². The lowest BCUT2D eigenvalue weighted by atomic mass is 9.87. The number of fused-ring (bicyclic) bond motifs is 1. The summed E-state index contributed by atoms with van der Waals surface area (Å²) in [5, 5.41) is 0. The topological polar surface area (TPSA) is 38.5 Å². The Morgan fingerprint density at radius 2 is 2.21 bits per heavy atom. The molecular weight excluding hydrogens is 236 g/mol. The zero-order chi connectivity index (χ0) is 13.2. The van der Waals surface area contributed by atoms with Gasteiger partial charge in [-0.15, -0.1) is 0 Å². The van der Waals surface area contributed by atoms with E-state index >= 15 is 0 Å². The summed E-state index contributed by atoms with van der Waals surface area (Å²) in [6.07, 6.45) is 4.94. The zero-order valence-corrected chi connectivity index (χ0v) is 11.8. The fourth-order valence-electron chi connectivity index (χ4n) is 3.54. The average molecular weight is 260 g/mol. The van der Waals surface area contributed by atoms with Crippen LogP contribution in [0.15, 0.2) is 18.2 Å². The second kappa shape index (κ2) is 5.51. The van der Waals surface area contributed by atoms with Crippen molar-refractivity contribution in [3.05, 3.63) is 29.3 Å². The minimum absolute atomic E-state index is 0.705. The fraction of sp³-hybridized carbons (Fsp3) is 0.625. The van der Waals surface area contributed by atoms with Gasteiger partial charge in [0.15, 0.2) is 0 Å². The van der Waals surface area contributed by atoms with E-state index in [2.05, 4.69) is 23.1 Å². The molecule has 1 aliphatic heterocycles. The first-order chi connectivity index (χ1) is 9.30. The molecule has 0 bridgehead atoms. The number of methoxy groups -OCH3 is 1. The van der Waals surface area contributed by atoms with Gasteiger partial charge in [-0.3, -0.25) is 4.90 Å². The molecule has 104 valence electrons. The second-order valence-corrected chi connectivity index (χ2v) is 5.92. The van der Waals surface area contributed by atoms with Crippen LogP contribution in [0.2, 0.25) is 0 Å². The Kier molecular flexibility index (Phi) is 3.76. The van der Waals surface area contributed by atoms with Gasteiger partial charge >= 0.3 is 0 Å². The van der Waals surface area contributed by atoms with Crippen LogP contribution in [-0.2, 0) is 12.8 Å². The van der Waals surface area contributed by atoms with Crippen molar-refractivity contribution < 1.29 is 4.74 Å². The van der Waals surface area contributed by atoms with Crippen molar-refractivity contribution in [3.63, 3.8) is 0 Å². The lowest BCUT2D eigenvalue weighted by Crippen LogP contribution is -2.38. The minimum atomic E-state index is 0.705. The molecule has 2 N–H and O–H groups in total. The predicted octanol–water partition coefficient (Wildman–Crippen LogP) is 1.83. The number of likely N-dealkylation sites (tertiary alicyclic amines) is 1. The van der Waals surface area contributed by atoms with Crippen molar-refractivity contribution in [2.45, 2.75) is 31.7 Å². The smallest absolute Gasteiger partial charge is 0.119 e. The zero-order valence-electron chi connectivity index (χ0n) is 11.8. The normalized spacial score (nSPS) is 27.3. The van der Waals surface area contributed by atoms with Gasteiger partial charge < -0.3 is 10.5 Å². The molecule has 1 fully saturated rings. The van der Waals surface area contributed by atoms with Crippen LogP contribution in [0.4, 0.5) is 0 Å². The largest absolute Gasteiger partial charge is 0.497 e. The van der Waals surface area contributed by atoms with Gasteiger partial charge in [-0.1, -0.05) is 6.07 Å². The predicted molar refractivity (Wildman–Crippen MR) is 77.5 cm³/mol. The maximum Gasteiger partial charge on any atom is 0.119 e. The molecule has 0 radical (unpaired) electrons. The van der Waals surface area contributed by atoms with Crippen LogP contribution in [0.1, 0.15) is 24.0 Å². The van der Waals surface area contributed by atoms with Crippen LogP contribution in [0.25, 0.3) is 0 Å². The number of nitrogens with zero attached hydrogens (tertiary/aromatic N) is 1. The molecule has 2 unspecified atom stereocenters. The number of ether oxygens (including phenoxy) is 1. The highest BCUT2D eigenvalue weighted by molar-refractivity contribution is 5.38. The molecule has 1 heterocycles. The van der Waals surface area contributed by atoms with E-state index in [0.717, 1.165) is 12.3 Å². The van der Waals surface area contributed by atoms with Crippen molar-refractivity contribution in [1.82, 2.24) is 4.90 Å². The number of benzene rings is 1. The van der Waals surface area contributed by atoms with Crippen LogP contribution in [0, 0.1) is 5.92 Å². The summed E-state index contributed by atoms with van der Waals surface area (Å²) in [5.41, 5.74) is 8.78. The van der Waals surface area contributed by atoms with Gasteiger partial charge in [0.2, 0.25) is 0 Å². The molecule has 0 aromatic heterocycles. The van der Waals surface area contributed by atoms with Gasteiger partial charge in [-0.05, 0) is 68.0 Å². The first kappa shape index (κ1) is 12.9. The SMILES string of the molecule is COc1ccc2c(c1)CC(N1CCC(CN)C1)CC2. The number of nitrogens with two attached hydrogens (primary N) is 1. The Morgan fingerprint density at radius 1 is 1.32 bits per heavy atom. The number of hydrogen-bond acceptors (Lipinski definition) is 3. The van der Waals surface area contributed by atoms with Crippen LogP contribution in [0.3, 0.4) is 0 Å². The highest BCUT2D eigenvalue weighted by Gasteiger charge is 2.30. The van der Waals surface area contributed by atoms with Gasteiger partial charge in [0.05, 0.1) is 7.11 Å². The van der Waals surface area contributed by atoms with E-state index in [4.69, 9.17) is 10.5 Å². The van der Waals surface area contributed by atoms with Gasteiger partial charge in [0.25, 0.3) is 0 Å². The molecule has 1 aromatic carbocycles. The monoisotopic (exact) mass is 260 g/mol. The van der Waals surface area contributed by atoms with Crippen molar-refractivity contribution in [1.29, 1.82) is 0 Å². The Balaban J connectivity index is 1.71. The summed E-state index contributed by atoms with van der Waals surface area (Å²) in [7, 11) is 1.74. The van der Waals surface area contributed by atoms with Gasteiger partial charge in [0.1, 0.15) is 5.75 Å². The minimum Gasteiger partial charge on any atom is -0.497 e. The molecule has 3 rings (SSSR count). The first-order valence-electron chi connectivity index (χ1n) is 7.40. The maximum absolute atomic E-state index is 5.80. The molecule has 1 saturated heterocycles. The molecule has 2 aliphatic rings. The van der Waals surface area contributed by atoms with E-state index in [9.17, 15) is 0 Å². The van der Waals surface area contributed by atoms with Gasteiger partial charge in [-0.2, -0.15) is 0 Å². The molecule has 1 aliphatic carbocycles. The third-order valence-electron chi connectivity index (χ3n) is 4.78. The molecular formula is C16H24N2O. The number of hydrogen-bond donors (Lipinski definition) is 1. The molecule has 2 atom stereocenters. The van der Waals surface area contributed by atoms with E-state index in [1.54, 1.807) is 7.11 Å². The van der Waals surface area contributed by atoms with Crippen molar-refractivity contribution >= 4 is 0 Å². The Hall–Kier alpha value is -1.06. The molecule has 19 heavy (non-hydrogen) atoms. The summed E-state index contributed by atoms with van der Waals surface area (Å²) in [5.74, 6) is 1.70. The van der Waals surface area contributed by atoms with E-state index in [1.807, 2.05) is 0 Å². The summed E-state index contributed by atoms with van der Waals surface area (Å²) in [4.78, 5) is 2.65. The third kappa shape index (κ3) is 2.63. The highest BCUT2D eigenvalue weighted by atomic mass is 16.5. The van der Waals surface area contributed by atoms with Crippen LogP contribution in [-0.4, -0.2) is 37.7 Å². The third-order valence-corrected chi connectivity index (χ3v) is 4.78. The summed E-state index contributed by atoms with van der Waals surface area (Å²) in [6, 6.07) is 7.24. The number of rotatable bonds is 3. The maximum atomic E-state index is 5.80. The average Bonchev–Trinajstić information content (AvgIpc) is 2.95. The van der Waals surface area contributed by atoms with Crippen molar-refractivity contribution in [2.24, 2.45) is 11.7 Å². The lowest BCUT2D eigenvalue weighted by Gasteiger charge is -2.32. The Bertz CT molecular complexity index is 446. The van der Waals surface area contributed by atoms with E-state index in [0.29, 0.717) is 12.0 Å². The first-order valence-corrected chi connectivity index (χ1v) is 7.40. The molecule has 0 amide bonds. The summed E-state index contributed by atoms with van der Waals surface area (Å²) in [6.45, 7) is 3.26. The highest BCUT2D eigenvalue weighted by Crippen LogP contribution is 2.30. The van der Waals surface area contributed by atoms with E-state index < -0.39 is 0 Å². The number of aryl methyl sites for hydroxylation is 1. The quantitative estimate of drug-likeness (QED) is 0.901. The summed E-state index contributed by atoms with van der Waals surface area (Å²) < 4.78 is 5.35. The molecule has 3 heteroatoms. The van der Waals surface area contributed by atoms with Gasteiger partial charge in [-0.25, -0.2) is 0 Å². The summed E-state index contributed by atoms with van der Waals surface area (Å²) >= 11 is 0. The van der Waals surface area contributed by atoms with Crippen molar-refractivity contribution in [3.8, 4) is 5.75 Å². The Morgan fingerprint density at radius 3 is 2.95 bits per heavy atom. The molecule has 0 spiro atoms. The second-order valence-electron chi connectivity index (χ2n) is 5.92. The standard InChI is InChI=1S/C16H24N2O/c1-19-16-5-3-13-2-4-15(8-14(13)9-16)18-7-6-12(10-17)11-18/h3,5,9,12,15H,2,4,6-8,10-11,17H2,1H3. The van der Waals surface area contributed by atoms with Crippen molar-refractivity contribution in [2.75, 3.05) is 26.7 Å². The van der Waals surface area contributed by atoms with E-state index in [-0.39, 0.29) is 0 Å². The van der Waals surface area contributed by atoms with Crippen LogP contribution < -0.4 is 10.5 Å². The Labute approximate surface area is 115 Å². The molecule has 3 nitrogen and oxygen atoms in total. The van der Waals surface area contributed by atoms with E-state index in [1.165, 1.54) is 49.9 Å². The molecule has 0 saturated carbocycles. The van der Waals surface area contributed by atoms with Crippen LogP contribution >= 0.6 is 0 Å². The molecule has 1 aromatic rings. The fourth-order valence-corrected chi connectivity index (χ4v) is 3.54. The lowest BCUT2D eigenvalue weighted by molar-refractivity contribution is 0.214. The van der Waals surface area contributed by atoms with Crippen LogP contribution in [0.5, 0.6) is 5.75 Å².